The normalized spacial score (nSPS) is 3.67. The van der Waals surface area contributed by atoms with Crippen molar-refractivity contribution in [3.8, 4) is 0 Å². The van der Waals surface area contributed by atoms with Gasteiger partial charge in [-0.1, -0.05) is 0 Å². The molecule has 0 spiro atoms. The van der Waals surface area contributed by atoms with Crippen molar-refractivity contribution in [3.63, 3.8) is 0 Å². The van der Waals surface area contributed by atoms with E-state index in [9.17, 15) is 0 Å². The molecule has 0 amide bonds. The summed E-state index contributed by atoms with van der Waals surface area (Å²) in [4.78, 5) is 0. The number of rotatable bonds is 0. The summed E-state index contributed by atoms with van der Waals surface area (Å²) in [5, 5.41) is 0. The molecule has 0 radical (unpaired) electrons. The zero-order valence-electron chi connectivity index (χ0n) is 2.80. The van der Waals surface area contributed by atoms with Crippen molar-refractivity contribution < 1.29 is 36.4 Å². The average Bonchev–Trinajstić information content (AvgIpc) is 0.918. The van der Waals surface area contributed by atoms with Crippen molar-refractivity contribution in [1.82, 2.24) is 12.3 Å². The molecule has 0 aliphatic rings. The van der Waals surface area contributed by atoms with Gasteiger partial charge in [0.05, 0.1) is 0 Å². The summed E-state index contributed by atoms with van der Waals surface area (Å²) in [5.74, 6) is 0. The number of hydrogen-bond donors (Lipinski definition) is 2. The molecule has 0 unspecified atom stereocenters. The van der Waals surface area contributed by atoms with Crippen LogP contribution < -0.4 is 12.3 Å². The second-order valence-electron chi connectivity index (χ2n) is 0.0452. The Bertz CT molecular complexity index is 9.51. The summed E-state index contributed by atoms with van der Waals surface area (Å²) in [6.45, 7) is 0. The van der Waals surface area contributed by atoms with Crippen LogP contribution in [0, 0.1) is 0 Å². The Hall–Kier alpha value is 1.82. The van der Waals surface area contributed by atoms with Gasteiger partial charge in [0.25, 0.3) is 0 Å². The minimum Gasteiger partial charge on any atom is 0 e. The quantitative estimate of drug-likeness (QED) is 0.668. The standard InChI is InChI=1S/2ClH.2H3N.2Pd/h2*1H;2*1H3;;/q;;;;;+2/p-2. The van der Waals surface area contributed by atoms with E-state index < -0.39 is 0 Å². The first-order valence-electron chi connectivity index (χ1n) is 0.239. The van der Waals surface area contributed by atoms with Crippen LogP contribution in [0.3, 0.4) is 0 Å². The molecule has 0 aliphatic carbocycles. The fraction of sp³-hybridized carbons (Fsp3) is 0. The molecule has 6 heteroatoms. The second-order valence-corrected chi connectivity index (χ2v) is 2.41. The minimum atomic E-state index is -0.106. The summed E-state index contributed by atoms with van der Waals surface area (Å²) >= 11 is -0.106. The maximum Gasteiger partial charge on any atom is 0 e. The Morgan fingerprint density at radius 3 is 1.00 bits per heavy atom. The molecule has 2 nitrogen and oxygen atoms in total. The van der Waals surface area contributed by atoms with Crippen LogP contribution in [0.25, 0.3) is 0 Å². The van der Waals surface area contributed by atoms with Crippen molar-refractivity contribution in [2.45, 2.75) is 0 Å². The van der Waals surface area contributed by atoms with Crippen LogP contribution in [-0.2, 0) is 36.4 Å². The van der Waals surface area contributed by atoms with Crippen LogP contribution in [0.2, 0.25) is 0 Å². The molecule has 0 aromatic heterocycles. The van der Waals surface area contributed by atoms with Gasteiger partial charge in [-0.25, -0.2) is 0 Å². The van der Waals surface area contributed by atoms with Crippen LogP contribution in [0.5, 0.6) is 0 Å². The van der Waals surface area contributed by atoms with Crippen molar-refractivity contribution >= 4 is 19.1 Å². The molecule has 0 aliphatic heterocycles. The van der Waals surface area contributed by atoms with Crippen LogP contribution >= 0.6 is 19.1 Å². The summed E-state index contributed by atoms with van der Waals surface area (Å²) in [5.41, 5.74) is 0. The van der Waals surface area contributed by atoms with Crippen LogP contribution in [0.1, 0.15) is 0 Å². The van der Waals surface area contributed by atoms with Gasteiger partial charge < -0.3 is 12.3 Å². The zero-order valence-corrected chi connectivity index (χ0v) is 7.42. The van der Waals surface area contributed by atoms with Gasteiger partial charge >= 0.3 is 35.0 Å². The third-order valence-electron chi connectivity index (χ3n) is 0. The van der Waals surface area contributed by atoms with Crippen LogP contribution in [-0.4, -0.2) is 0 Å². The molecule has 0 aromatic rings. The molecule has 6 N–H and O–H groups in total. The molecule has 0 saturated heterocycles. The Balaban J connectivity index is -0.00000000667. The van der Waals surface area contributed by atoms with E-state index in [1.807, 2.05) is 0 Å². The maximum atomic E-state index is 4.81. The van der Waals surface area contributed by atoms with Gasteiger partial charge in [-0.3, -0.25) is 0 Å². The topological polar surface area (TPSA) is 70.0 Å². The van der Waals surface area contributed by atoms with E-state index in [4.69, 9.17) is 19.1 Å². The van der Waals surface area contributed by atoms with E-state index in [2.05, 4.69) is 0 Å². The van der Waals surface area contributed by atoms with Gasteiger partial charge in [0, 0.05) is 20.4 Å². The van der Waals surface area contributed by atoms with Gasteiger partial charge in [0.15, 0.2) is 0 Å². The van der Waals surface area contributed by atoms with Gasteiger partial charge in [-0.05, 0) is 0 Å². The summed E-state index contributed by atoms with van der Waals surface area (Å²) in [6, 6.07) is 0. The van der Waals surface area contributed by atoms with Gasteiger partial charge in [-0.15, -0.1) is 0 Å². The van der Waals surface area contributed by atoms with E-state index >= 15 is 0 Å². The Morgan fingerprint density at radius 2 is 1.00 bits per heavy atom. The predicted molar refractivity (Wildman–Crippen MR) is 21.8 cm³/mol. The number of hydrogen-bond acceptors (Lipinski definition) is 2. The zero-order chi connectivity index (χ0) is 2.71. The first kappa shape index (κ1) is 24.9. The van der Waals surface area contributed by atoms with Gasteiger partial charge in [0.1, 0.15) is 0 Å². The van der Waals surface area contributed by atoms with E-state index in [0.29, 0.717) is 0 Å². The van der Waals surface area contributed by atoms with Gasteiger partial charge in [0.2, 0.25) is 0 Å². The van der Waals surface area contributed by atoms with E-state index in [1.54, 1.807) is 0 Å². The van der Waals surface area contributed by atoms with Crippen LogP contribution in [0.15, 0.2) is 0 Å². The molecule has 0 fully saturated rings. The molecular weight excluding hydrogens is 312 g/mol. The predicted octanol–water partition coefficient (Wildman–Crippen LogP) is 1.70. The molecular formula is H6Cl2N2Pd2. The van der Waals surface area contributed by atoms with Gasteiger partial charge in [-0.2, -0.15) is 0 Å². The summed E-state index contributed by atoms with van der Waals surface area (Å²) < 4.78 is 0. The average molecular weight is 318 g/mol. The summed E-state index contributed by atoms with van der Waals surface area (Å²) in [6.07, 6.45) is 0. The maximum absolute atomic E-state index is 4.81. The van der Waals surface area contributed by atoms with E-state index in [0.717, 1.165) is 0 Å². The molecule has 0 rings (SSSR count). The summed E-state index contributed by atoms with van der Waals surface area (Å²) in [7, 11) is 9.63. The SMILES string of the molecule is N.N.[Cl][Pd][Cl].[Pd]. The third kappa shape index (κ3) is 40.7. The first-order valence-corrected chi connectivity index (χ1v) is 4.24. The molecule has 0 heterocycles. The molecule has 0 aromatic carbocycles. The monoisotopic (exact) mass is 316 g/mol. The molecule has 0 saturated carbocycles. The van der Waals surface area contributed by atoms with Crippen molar-refractivity contribution in [3.05, 3.63) is 0 Å². The number of halogens is 2. The van der Waals surface area contributed by atoms with Crippen molar-refractivity contribution in [2.24, 2.45) is 0 Å². The largest absolute Gasteiger partial charge is 0 e. The Kier molecular flexibility index (Phi) is 120. The van der Waals surface area contributed by atoms with Crippen molar-refractivity contribution in [2.75, 3.05) is 0 Å². The van der Waals surface area contributed by atoms with E-state index in [1.165, 1.54) is 0 Å². The first-order chi connectivity index (χ1) is 1.41. The third-order valence-corrected chi connectivity index (χ3v) is 0. The molecule has 50 valence electrons. The Morgan fingerprint density at radius 1 is 1.00 bits per heavy atom. The molecule has 0 bridgehead atoms. The van der Waals surface area contributed by atoms with Crippen molar-refractivity contribution in [1.29, 1.82) is 0 Å². The Labute approximate surface area is 67.3 Å². The fourth-order valence-electron chi connectivity index (χ4n) is 0. The second kappa shape index (κ2) is 29.0. The fourth-order valence-corrected chi connectivity index (χ4v) is 0. The molecule has 6 heavy (non-hydrogen) atoms. The van der Waals surface area contributed by atoms with Crippen LogP contribution in [0.4, 0.5) is 0 Å². The molecule has 0 atom stereocenters. The smallest absolute Gasteiger partial charge is 0 e. The minimum absolute atomic E-state index is 0. The van der Waals surface area contributed by atoms with E-state index in [-0.39, 0.29) is 48.7 Å².